The molecule has 20 heavy (non-hydrogen) atoms. The summed E-state index contributed by atoms with van der Waals surface area (Å²) >= 11 is 2.00. The monoisotopic (exact) mass is 298 g/mol. The summed E-state index contributed by atoms with van der Waals surface area (Å²) in [5.41, 5.74) is -0.719. The molecule has 0 spiro atoms. The van der Waals surface area contributed by atoms with E-state index in [9.17, 15) is 9.59 Å². The number of amides is 2. The van der Waals surface area contributed by atoms with E-state index < -0.39 is 5.54 Å². The van der Waals surface area contributed by atoms with E-state index in [1.165, 1.54) is 6.42 Å². The summed E-state index contributed by atoms with van der Waals surface area (Å²) in [6.45, 7) is 6.59. The van der Waals surface area contributed by atoms with Crippen LogP contribution in [0.1, 0.15) is 52.9 Å². The van der Waals surface area contributed by atoms with E-state index in [4.69, 9.17) is 0 Å². The highest BCUT2D eigenvalue weighted by molar-refractivity contribution is 7.99. The second kappa shape index (κ2) is 6.37. The van der Waals surface area contributed by atoms with E-state index in [1.807, 2.05) is 30.5 Å². The molecule has 1 heterocycles. The molecule has 0 bridgehead atoms. The first-order valence-electron chi connectivity index (χ1n) is 7.73. The highest BCUT2D eigenvalue weighted by Gasteiger charge is 2.43. The normalized spacial score (nSPS) is 35.0. The van der Waals surface area contributed by atoms with Gasteiger partial charge in [-0.25, -0.2) is 0 Å². The van der Waals surface area contributed by atoms with Gasteiger partial charge in [0.1, 0.15) is 5.54 Å². The van der Waals surface area contributed by atoms with Crippen molar-refractivity contribution in [2.24, 2.45) is 0 Å². The van der Waals surface area contributed by atoms with Crippen LogP contribution in [0.4, 0.5) is 0 Å². The zero-order valence-electron chi connectivity index (χ0n) is 12.8. The summed E-state index contributed by atoms with van der Waals surface area (Å²) in [5.74, 6) is 1.25. The zero-order valence-corrected chi connectivity index (χ0v) is 13.6. The van der Waals surface area contributed by atoms with E-state index in [2.05, 4.69) is 12.2 Å². The third-order valence-corrected chi connectivity index (χ3v) is 5.87. The average Bonchev–Trinajstić information content (AvgIpc) is 2.83. The summed E-state index contributed by atoms with van der Waals surface area (Å²) in [7, 11) is 0. The van der Waals surface area contributed by atoms with Crippen molar-refractivity contribution in [2.75, 3.05) is 12.3 Å². The zero-order chi connectivity index (χ0) is 14.8. The first-order chi connectivity index (χ1) is 9.50. The Morgan fingerprint density at radius 2 is 2.10 bits per heavy atom. The minimum absolute atomic E-state index is 0.00248. The Morgan fingerprint density at radius 1 is 1.35 bits per heavy atom. The fourth-order valence-electron chi connectivity index (χ4n) is 3.24. The lowest BCUT2D eigenvalue weighted by Gasteiger charge is -2.34. The Hall–Kier alpha value is -0.710. The van der Waals surface area contributed by atoms with E-state index in [0.717, 1.165) is 18.6 Å². The van der Waals surface area contributed by atoms with Gasteiger partial charge in [-0.2, -0.15) is 11.8 Å². The molecule has 1 saturated heterocycles. The smallest absolute Gasteiger partial charge is 0.248 e. The average molecular weight is 298 g/mol. The number of nitrogens with zero attached hydrogens (tertiary/aromatic N) is 1. The van der Waals surface area contributed by atoms with Crippen molar-refractivity contribution in [2.45, 2.75) is 69.7 Å². The Bertz CT molecular complexity index is 388. The maximum Gasteiger partial charge on any atom is 0.248 e. The number of nitrogens with one attached hydrogen (secondary N) is 1. The molecule has 0 aromatic carbocycles. The first kappa shape index (κ1) is 15.7. The molecular formula is C15H26N2O2S. The Kier molecular flexibility index (Phi) is 4.99. The highest BCUT2D eigenvalue weighted by atomic mass is 32.2. The highest BCUT2D eigenvalue weighted by Crippen LogP contribution is 2.34. The summed E-state index contributed by atoms with van der Waals surface area (Å²) < 4.78 is 0. The summed E-state index contributed by atoms with van der Waals surface area (Å²) in [6, 6.07) is 0.324. The SMILES string of the molecule is CCSC1CCC(N2CCC(=O)NC(C)(CC)C2=O)C1. The number of hydrogen-bond acceptors (Lipinski definition) is 3. The molecule has 3 unspecified atom stereocenters. The van der Waals surface area contributed by atoms with Gasteiger partial charge in [0.2, 0.25) is 11.8 Å². The van der Waals surface area contributed by atoms with Crippen molar-refractivity contribution in [1.82, 2.24) is 10.2 Å². The van der Waals surface area contributed by atoms with Gasteiger partial charge < -0.3 is 10.2 Å². The third kappa shape index (κ3) is 3.13. The molecule has 4 nitrogen and oxygen atoms in total. The van der Waals surface area contributed by atoms with Crippen LogP contribution in [0.15, 0.2) is 0 Å². The van der Waals surface area contributed by atoms with Crippen LogP contribution in [0.3, 0.4) is 0 Å². The summed E-state index contributed by atoms with van der Waals surface area (Å²) in [5, 5.41) is 3.59. The maximum atomic E-state index is 12.8. The second-order valence-electron chi connectivity index (χ2n) is 6.03. The van der Waals surface area contributed by atoms with Crippen molar-refractivity contribution in [3.05, 3.63) is 0 Å². The Labute approximate surface area is 126 Å². The molecule has 3 atom stereocenters. The largest absolute Gasteiger partial charge is 0.342 e. The molecule has 2 amide bonds. The minimum Gasteiger partial charge on any atom is -0.342 e. The first-order valence-corrected chi connectivity index (χ1v) is 8.78. The van der Waals surface area contributed by atoms with E-state index >= 15 is 0 Å². The number of carbonyl (C=O) groups excluding carboxylic acids is 2. The Morgan fingerprint density at radius 3 is 2.75 bits per heavy atom. The van der Waals surface area contributed by atoms with Gasteiger partial charge in [0.25, 0.3) is 0 Å². The second-order valence-corrected chi connectivity index (χ2v) is 7.60. The lowest BCUT2D eigenvalue weighted by atomic mass is 9.96. The fraction of sp³-hybridized carbons (Fsp3) is 0.867. The van der Waals surface area contributed by atoms with Gasteiger partial charge >= 0.3 is 0 Å². The molecule has 2 rings (SSSR count). The standard InChI is InChI=1S/C15H26N2O2S/c1-4-15(3)14(19)17(9-8-13(18)16-15)11-6-7-12(10-11)20-5-2/h11-12H,4-10H2,1-3H3,(H,16,18). The molecule has 0 radical (unpaired) electrons. The minimum atomic E-state index is -0.719. The van der Waals surface area contributed by atoms with Crippen LogP contribution in [0.2, 0.25) is 0 Å². The van der Waals surface area contributed by atoms with Crippen molar-refractivity contribution in [1.29, 1.82) is 0 Å². The molecule has 1 aliphatic heterocycles. The molecule has 0 aromatic heterocycles. The van der Waals surface area contributed by atoms with Crippen LogP contribution < -0.4 is 5.32 Å². The summed E-state index contributed by atoms with van der Waals surface area (Å²) in [6.07, 6.45) is 4.43. The fourth-order valence-corrected chi connectivity index (χ4v) is 4.37. The van der Waals surface area contributed by atoms with Gasteiger partial charge in [0.15, 0.2) is 0 Å². The molecule has 2 aliphatic rings. The van der Waals surface area contributed by atoms with Gasteiger partial charge in [0, 0.05) is 24.3 Å². The van der Waals surface area contributed by atoms with Crippen LogP contribution in [-0.2, 0) is 9.59 Å². The predicted octanol–water partition coefficient (Wildman–Crippen LogP) is 2.18. The van der Waals surface area contributed by atoms with Crippen LogP contribution in [0.25, 0.3) is 0 Å². The van der Waals surface area contributed by atoms with Gasteiger partial charge in [-0.05, 0) is 38.4 Å². The van der Waals surface area contributed by atoms with Crippen LogP contribution in [0.5, 0.6) is 0 Å². The molecule has 5 heteroatoms. The van der Waals surface area contributed by atoms with Crippen LogP contribution in [-0.4, -0.2) is 45.8 Å². The molecule has 1 aliphatic carbocycles. The molecule has 114 valence electrons. The quantitative estimate of drug-likeness (QED) is 0.865. The van der Waals surface area contributed by atoms with Crippen molar-refractivity contribution in [3.63, 3.8) is 0 Å². The lowest BCUT2D eigenvalue weighted by molar-refractivity contribution is -0.140. The van der Waals surface area contributed by atoms with Gasteiger partial charge in [-0.15, -0.1) is 0 Å². The predicted molar refractivity (Wildman–Crippen MR) is 82.7 cm³/mol. The lowest BCUT2D eigenvalue weighted by Crippen LogP contribution is -2.56. The van der Waals surface area contributed by atoms with Crippen molar-refractivity contribution < 1.29 is 9.59 Å². The topological polar surface area (TPSA) is 49.4 Å². The number of rotatable bonds is 4. The van der Waals surface area contributed by atoms with Gasteiger partial charge in [-0.1, -0.05) is 13.8 Å². The summed E-state index contributed by atoms with van der Waals surface area (Å²) in [4.78, 5) is 26.6. The van der Waals surface area contributed by atoms with Gasteiger partial charge in [0.05, 0.1) is 0 Å². The molecule has 0 aromatic rings. The third-order valence-electron chi connectivity index (χ3n) is 4.64. The molecule has 1 N–H and O–H groups in total. The van der Waals surface area contributed by atoms with Crippen molar-refractivity contribution >= 4 is 23.6 Å². The van der Waals surface area contributed by atoms with E-state index in [0.29, 0.717) is 30.7 Å². The van der Waals surface area contributed by atoms with E-state index in [-0.39, 0.29) is 11.8 Å². The Balaban J connectivity index is 2.10. The number of thioether (sulfide) groups is 1. The molecule has 2 fully saturated rings. The molecule has 1 saturated carbocycles. The molecular weight excluding hydrogens is 272 g/mol. The number of hydrogen-bond donors (Lipinski definition) is 1. The number of carbonyl (C=O) groups is 2. The maximum absolute atomic E-state index is 12.8. The van der Waals surface area contributed by atoms with Crippen LogP contribution in [0, 0.1) is 0 Å². The van der Waals surface area contributed by atoms with Gasteiger partial charge in [-0.3, -0.25) is 9.59 Å². The van der Waals surface area contributed by atoms with Crippen molar-refractivity contribution in [3.8, 4) is 0 Å². The van der Waals surface area contributed by atoms with E-state index in [1.54, 1.807) is 0 Å². The van der Waals surface area contributed by atoms with Crippen LogP contribution >= 0.6 is 11.8 Å².